The molecule has 0 unspecified atom stereocenters. The van der Waals surface area contributed by atoms with Crippen molar-refractivity contribution in [1.82, 2.24) is 5.16 Å². The molecule has 1 aromatic carbocycles. The Bertz CT molecular complexity index is 736. The van der Waals surface area contributed by atoms with Gasteiger partial charge in [0, 0.05) is 16.7 Å². The van der Waals surface area contributed by atoms with Gasteiger partial charge in [0.15, 0.2) is 0 Å². The van der Waals surface area contributed by atoms with E-state index in [1.165, 1.54) is 0 Å². The minimum Gasteiger partial charge on any atom is -0.384 e. The Labute approximate surface area is 123 Å². The summed E-state index contributed by atoms with van der Waals surface area (Å²) in [5.74, 6) is 5.46. The summed E-state index contributed by atoms with van der Waals surface area (Å²) in [5.41, 5.74) is 3.66. The van der Waals surface area contributed by atoms with Crippen LogP contribution in [0.15, 0.2) is 22.7 Å². The van der Waals surface area contributed by atoms with Gasteiger partial charge in [0.2, 0.25) is 5.88 Å². The van der Waals surface area contributed by atoms with Crippen LogP contribution in [0.1, 0.15) is 32.7 Å². The van der Waals surface area contributed by atoms with Crippen LogP contribution < -0.4 is 5.32 Å². The van der Waals surface area contributed by atoms with Gasteiger partial charge in [-0.2, -0.15) is 0 Å². The third-order valence-corrected chi connectivity index (χ3v) is 3.19. The summed E-state index contributed by atoms with van der Waals surface area (Å²) in [4.78, 5) is 12.2. The molecule has 2 rings (SSSR count). The highest BCUT2D eigenvalue weighted by Gasteiger charge is 2.13. The second kappa shape index (κ2) is 6.25. The van der Waals surface area contributed by atoms with E-state index in [1.54, 1.807) is 12.1 Å². The first-order valence-corrected chi connectivity index (χ1v) is 6.47. The highest BCUT2D eigenvalue weighted by atomic mass is 16.5. The number of rotatable bonds is 2. The van der Waals surface area contributed by atoms with Crippen LogP contribution in [0, 0.1) is 32.6 Å². The van der Waals surface area contributed by atoms with Crippen molar-refractivity contribution in [2.24, 2.45) is 0 Å². The highest BCUT2D eigenvalue weighted by Crippen LogP contribution is 2.19. The van der Waals surface area contributed by atoms with E-state index in [0.717, 1.165) is 16.8 Å². The van der Waals surface area contributed by atoms with Gasteiger partial charge in [-0.05, 0) is 38.5 Å². The van der Waals surface area contributed by atoms with Crippen molar-refractivity contribution >= 4 is 11.8 Å². The fourth-order valence-electron chi connectivity index (χ4n) is 1.74. The topological polar surface area (TPSA) is 75.4 Å². The smallest absolute Gasteiger partial charge is 0.258 e. The Morgan fingerprint density at radius 2 is 2.14 bits per heavy atom. The van der Waals surface area contributed by atoms with E-state index >= 15 is 0 Å². The normalized spacial score (nSPS) is 9.90. The number of nitrogens with zero attached hydrogens (tertiary/aromatic N) is 1. The number of aliphatic hydroxyl groups excluding tert-OH is 1. The van der Waals surface area contributed by atoms with Crippen LogP contribution in [-0.4, -0.2) is 22.8 Å². The van der Waals surface area contributed by atoms with Crippen molar-refractivity contribution < 1.29 is 14.4 Å². The summed E-state index contributed by atoms with van der Waals surface area (Å²) in [6, 6.07) is 5.22. The van der Waals surface area contributed by atoms with Gasteiger partial charge < -0.3 is 9.63 Å². The number of amides is 1. The second-order valence-corrected chi connectivity index (χ2v) is 4.67. The first-order chi connectivity index (χ1) is 10.0. The molecular weight excluding hydrogens is 268 g/mol. The summed E-state index contributed by atoms with van der Waals surface area (Å²) in [5, 5.41) is 15.2. The number of carbonyl (C=O) groups is 1. The standard InChI is InChI=1S/C16H16N2O3/c1-10-6-7-14(9-13(10)5-4-8-19)15(20)17-16-11(2)12(3)18-21-16/h6-7,9,19H,8H2,1-3H3,(H,17,20). The zero-order valence-electron chi connectivity index (χ0n) is 12.2. The first-order valence-electron chi connectivity index (χ1n) is 6.47. The molecule has 2 aromatic rings. The van der Waals surface area contributed by atoms with Crippen LogP contribution in [-0.2, 0) is 0 Å². The summed E-state index contributed by atoms with van der Waals surface area (Å²) in [6.45, 7) is 5.32. The predicted molar refractivity (Wildman–Crippen MR) is 79.1 cm³/mol. The van der Waals surface area contributed by atoms with Crippen LogP contribution in [0.5, 0.6) is 0 Å². The van der Waals surface area contributed by atoms with Gasteiger partial charge in [-0.25, -0.2) is 0 Å². The largest absolute Gasteiger partial charge is 0.384 e. The van der Waals surface area contributed by atoms with E-state index in [2.05, 4.69) is 22.3 Å². The lowest BCUT2D eigenvalue weighted by molar-refractivity contribution is 0.102. The van der Waals surface area contributed by atoms with Gasteiger partial charge in [-0.15, -0.1) is 0 Å². The van der Waals surface area contributed by atoms with Crippen molar-refractivity contribution in [3.63, 3.8) is 0 Å². The van der Waals surface area contributed by atoms with Gasteiger partial charge in [-0.3, -0.25) is 10.1 Å². The van der Waals surface area contributed by atoms with Crippen LogP contribution >= 0.6 is 0 Å². The lowest BCUT2D eigenvalue weighted by Crippen LogP contribution is -2.12. The number of hydrogen-bond donors (Lipinski definition) is 2. The summed E-state index contributed by atoms with van der Waals surface area (Å²) < 4.78 is 5.06. The molecule has 2 N–H and O–H groups in total. The molecule has 0 aliphatic rings. The maximum absolute atomic E-state index is 12.2. The molecule has 0 saturated carbocycles. The second-order valence-electron chi connectivity index (χ2n) is 4.67. The van der Waals surface area contributed by atoms with Gasteiger partial charge in [0.05, 0.1) is 5.69 Å². The Morgan fingerprint density at radius 1 is 1.38 bits per heavy atom. The zero-order valence-corrected chi connectivity index (χ0v) is 12.2. The Hall–Kier alpha value is -2.58. The summed E-state index contributed by atoms with van der Waals surface area (Å²) in [7, 11) is 0. The first kappa shape index (κ1) is 14.8. The molecular formula is C16H16N2O3. The molecule has 0 aliphatic heterocycles. The van der Waals surface area contributed by atoms with Crippen LogP contribution in [0.4, 0.5) is 5.88 Å². The minimum absolute atomic E-state index is 0.216. The average Bonchev–Trinajstić information content (AvgIpc) is 2.78. The quantitative estimate of drug-likeness (QED) is 0.829. The number of nitrogens with one attached hydrogen (secondary N) is 1. The number of hydrogen-bond acceptors (Lipinski definition) is 4. The molecule has 0 atom stereocenters. The van der Waals surface area contributed by atoms with Gasteiger partial charge in [0.1, 0.15) is 6.61 Å². The monoisotopic (exact) mass is 284 g/mol. The highest BCUT2D eigenvalue weighted by molar-refractivity contribution is 6.04. The Kier molecular flexibility index (Phi) is 4.41. The third-order valence-electron chi connectivity index (χ3n) is 3.19. The molecule has 0 radical (unpaired) electrons. The molecule has 108 valence electrons. The maximum atomic E-state index is 12.2. The van der Waals surface area contributed by atoms with E-state index in [4.69, 9.17) is 9.63 Å². The molecule has 0 fully saturated rings. The molecule has 0 saturated heterocycles. The zero-order chi connectivity index (χ0) is 15.4. The molecule has 5 heteroatoms. The number of carbonyl (C=O) groups excluding carboxylic acids is 1. The molecule has 5 nitrogen and oxygen atoms in total. The molecule has 0 aliphatic carbocycles. The lowest BCUT2D eigenvalue weighted by Gasteiger charge is -2.05. The summed E-state index contributed by atoms with van der Waals surface area (Å²) in [6.07, 6.45) is 0. The third kappa shape index (κ3) is 3.30. The molecule has 0 bridgehead atoms. The van der Waals surface area contributed by atoms with Crippen molar-refractivity contribution in [2.45, 2.75) is 20.8 Å². The maximum Gasteiger partial charge on any atom is 0.258 e. The molecule has 1 amide bonds. The lowest BCUT2D eigenvalue weighted by atomic mass is 10.0. The van der Waals surface area contributed by atoms with Gasteiger partial charge in [-0.1, -0.05) is 23.1 Å². The number of benzene rings is 1. The van der Waals surface area contributed by atoms with E-state index < -0.39 is 0 Å². The van der Waals surface area contributed by atoms with Gasteiger partial charge >= 0.3 is 0 Å². The summed E-state index contributed by atoms with van der Waals surface area (Å²) >= 11 is 0. The van der Waals surface area contributed by atoms with Crippen LogP contribution in [0.3, 0.4) is 0 Å². The van der Waals surface area contributed by atoms with E-state index in [9.17, 15) is 4.79 Å². The fraction of sp³-hybridized carbons (Fsp3) is 0.250. The van der Waals surface area contributed by atoms with E-state index in [1.807, 2.05) is 26.8 Å². The molecule has 1 aromatic heterocycles. The van der Waals surface area contributed by atoms with E-state index in [-0.39, 0.29) is 12.5 Å². The van der Waals surface area contributed by atoms with Crippen molar-refractivity contribution in [2.75, 3.05) is 11.9 Å². The number of aliphatic hydroxyl groups is 1. The number of aryl methyl sites for hydroxylation is 2. The van der Waals surface area contributed by atoms with Crippen LogP contribution in [0.2, 0.25) is 0 Å². The number of aromatic nitrogens is 1. The van der Waals surface area contributed by atoms with Crippen molar-refractivity contribution in [1.29, 1.82) is 0 Å². The fourth-order valence-corrected chi connectivity index (χ4v) is 1.74. The van der Waals surface area contributed by atoms with Gasteiger partial charge in [0.25, 0.3) is 5.91 Å². The van der Waals surface area contributed by atoms with Crippen molar-refractivity contribution in [3.8, 4) is 11.8 Å². The Morgan fingerprint density at radius 3 is 2.76 bits per heavy atom. The molecule has 0 spiro atoms. The molecule has 21 heavy (non-hydrogen) atoms. The average molecular weight is 284 g/mol. The Balaban J connectivity index is 2.25. The minimum atomic E-state index is -0.290. The molecule has 1 heterocycles. The number of anilines is 1. The predicted octanol–water partition coefficient (Wildman–Crippen LogP) is 2.20. The van der Waals surface area contributed by atoms with Crippen molar-refractivity contribution in [3.05, 3.63) is 46.1 Å². The van der Waals surface area contributed by atoms with E-state index in [0.29, 0.717) is 17.0 Å². The SMILES string of the molecule is Cc1ccc(C(=O)Nc2onc(C)c2C)cc1C#CCO. The van der Waals surface area contributed by atoms with Crippen LogP contribution in [0.25, 0.3) is 0 Å².